The highest BCUT2D eigenvalue weighted by molar-refractivity contribution is 5.80. The molecule has 0 saturated heterocycles. The van der Waals surface area contributed by atoms with Crippen LogP contribution in [0.2, 0.25) is 0 Å². The van der Waals surface area contributed by atoms with E-state index in [4.69, 9.17) is 13.9 Å². The second-order valence-corrected chi connectivity index (χ2v) is 8.08. The van der Waals surface area contributed by atoms with Crippen LogP contribution in [0.4, 0.5) is 0 Å². The number of esters is 1. The number of methoxy groups -OCH3 is 1. The third-order valence-corrected chi connectivity index (χ3v) is 5.49. The van der Waals surface area contributed by atoms with E-state index < -0.39 is 6.04 Å². The van der Waals surface area contributed by atoms with Crippen molar-refractivity contribution in [2.24, 2.45) is 0 Å². The maximum absolute atomic E-state index is 13.5. The molecule has 1 atom stereocenters. The minimum Gasteiger partial charge on any atom is -0.465 e. The van der Waals surface area contributed by atoms with Crippen LogP contribution >= 0.6 is 0 Å². The summed E-state index contributed by atoms with van der Waals surface area (Å²) in [5.74, 6) is 1.21. The first kappa shape index (κ1) is 26.6. The average Bonchev–Trinajstić information content (AvgIpc) is 3.23. The lowest BCUT2D eigenvalue weighted by atomic mass is 10.1. The largest absolute Gasteiger partial charge is 0.465 e. The van der Waals surface area contributed by atoms with Crippen molar-refractivity contribution in [3.05, 3.63) is 59.5 Å². The zero-order valence-corrected chi connectivity index (χ0v) is 20.4. The van der Waals surface area contributed by atoms with E-state index in [1.54, 1.807) is 18.9 Å². The lowest BCUT2D eigenvalue weighted by Crippen LogP contribution is -2.49. The summed E-state index contributed by atoms with van der Waals surface area (Å²) in [6.45, 7) is 7.96. The maximum Gasteiger partial charge on any atom is 0.323 e. The van der Waals surface area contributed by atoms with E-state index in [1.807, 2.05) is 49.1 Å². The summed E-state index contributed by atoms with van der Waals surface area (Å²) in [5, 5.41) is 0. The number of ether oxygens (including phenoxy) is 2. The monoisotopic (exact) mass is 458 g/mol. The Morgan fingerprint density at radius 1 is 1.06 bits per heavy atom. The Bertz CT molecular complexity index is 836. The summed E-state index contributed by atoms with van der Waals surface area (Å²) in [6, 6.07) is 13.4. The first-order valence-corrected chi connectivity index (χ1v) is 11.7. The second kappa shape index (κ2) is 14.5. The van der Waals surface area contributed by atoms with E-state index in [9.17, 15) is 9.59 Å². The number of aryl methyl sites for hydroxylation is 1. The molecule has 0 bridgehead atoms. The quantitative estimate of drug-likeness (QED) is 0.378. The average molecular weight is 459 g/mol. The predicted octanol–water partition coefficient (Wildman–Crippen LogP) is 3.84. The van der Waals surface area contributed by atoms with Gasteiger partial charge in [-0.05, 0) is 44.4 Å². The molecule has 1 unspecified atom stereocenters. The van der Waals surface area contributed by atoms with Crippen LogP contribution < -0.4 is 0 Å². The number of furan rings is 1. The molecule has 2 rings (SSSR count). The van der Waals surface area contributed by atoms with Crippen LogP contribution in [-0.4, -0.2) is 67.7 Å². The van der Waals surface area contributed by atoms with Gasteiger partial charge in [0.1, 0.15) is 17.6 Å². The molecule has 1 aromatic heterocycles. The number of carbonyl (C=O) groups excluding carboxylic acids is 2. The van der Waals surface area contributed by atoms with Crippen molar-refractivity contribution >= 4 is 11.9 Å². The van der Waals surface area contributed by atoms with Gasteiger partial charge in [-0.15, -0.1) is 0 Å². The van der Waals surface area contributed by atoms with Gasteiger partial charge in [-0.3, -0.25) is 14.5 Å². The van der Waals surface area contributed by atoms with Gasteiger partial charge in [-0.1, -0.05) is 43.7 Å². The SMILES string of the molecule is CCCC(C(=O)OCC)N(CCOC)CC(=O)N(CCc1ccccc1)Cc1ccc(C)o1. The van der Waals surface area contributed by atoms with Gasteiger partial charge in [0, 0.05) is 20.2 Å². The summed E-state index contributed by atoms with van der Waals surface area (Å²) >= 11 is 0. The van der Waals surface area contributed by atoms with Gasteiger partial charge in [0.25, 0.3) is 0 Å². The Balaban J connectivity index is 2.18. The molecule has 0 aliphatic heterocycles. The Labute approximate surface area is 197 Å². The van der Waals surface area contributed by atoms with Gasteiger partial charge < -0.3 is 18.8 Å². The summed E-state index contributed by atoms with van der Waals surface area (Å²) < 4.78 is 16.3. The van der Waals surface area contributed by atoms with Crippen LogP contribution in [0.5, 0.6) is 0 Å². The van der Waals surface area contributed by atoms with Gasteiger partial charge in [0.05, 0.1) is 26.3 Å². The highest BCUT2D eigenvalue weighted by atomic mass is 16.5. The van der Waals surface area contributed by atoms with Crippen LogP contribution in [0.15, 0.2) is 46.9 Å². The van der Waals surface area contributed by atoms with Crippen LogP contribution in [0.1, 0.15) is 43.8 Å². The second-order valence-electron chi connectivity index (χ2n) is 8.08. The Morgan fingerprint density at radius 2 is 1.82 bits per heavy atom. The molecule has 0 aliphatic rings. The molecule has 1 amide bonds. The predicted molar refractivity (Wildman–Crippen MR) is 128 cm³/mol. The minimum absolute atomic E-state index is 0.0542. The van der Waals surface area contributed by atoms with Crippen molar-refractivity contribution in [1.29, 1.82) is 0 Å². The van der Waals surface area contributed by atoms with Gasteiger partial charge in [0.15, 0.2) is 0 Å². The molecular weight excluding hydrogens is 420 g/mol. The molecule has 1 heterocycles. The lowest BCUT2D eigenvalue weighted by Gasteiger charge is -2.31. The Kier molecular flexibility index (Phi) is 11.7. The molecule has 0 aliphatic carbocycles. The van der Waals surface area contributed by atoms with E-state index in [0.29, 0.717) is 39.3 Å². The molecule has 0 fully saturated rings. The number of hydrogen-bond acceptors (Lipinski definition) is 6. The molecule has 0 spiro atoms. The highest BCUT2D eigenvalue weighted by Gasteiger charge is 2.29. The number of amides is 1. The van der Waals surface area contributed by atoms with Gasteiger partial charge in [-0.25, -0.2) is 0 Å². The summed E-state index contributed by atoms with van der Waals surface area (Å²) in [4.78, 5) is 29.8. The zero-order chi connectivity index (χ0) is 24.1. The Morgan fingerprint density at radius 3 is 2.42 bits per heavy atom. The highest BCUT2D eigenvalue weighted by Crippen LogP contribution is 2.14. The first-order chi connectivity index (χ1) is 16.0. The van der Waals surface area contributed by atoms with Crippen LogP contribution in [0, 0.1) is 6.92 Å². The molecular formula is C26H38N2O5. The van der Waals surface area contributed by atoms with Gasteiger partial charge in [0.2, 0.25) is 5.91 Å². The molecule has 0 radical (unpaired) electrons. The Hall–Kier alpha value is -2.64. The number of carbonyl (C=O) groups is 2. The van der Waals surface area contributed by atoms with Crippen molar-refractivity contribution in [2.45, 2.75) is 52.6 Å². The van der Waals surface area contributed by atoms with E-state index >= 15 is 0 Å². The lowest BCUT2D eigenvalue weighted by molar-refractivity contribution is -0.151. The first-order valence-electron chi connectivity index (χ1n) is 11.7. The third-order valence-electron chi connectivity index (χ3n) is 5.49. The summed E-state index contributed by atoms with van der Waals surface area (Å²) in [7, 11) is 1.62. The molecule has 7 nitrogen and oxygen atoms in total. The minimum atomic E-state index is -0.476. The summed E-state index contributed by atoms with van der Waals surface area (Å²) in [6.07, 6.45) is 2.17. The van der Waals surface area contributed by atoms with E-state index in [2.05, 4.69) is 12.1 Å². The van der Waals surface area contributed by atoms with E-state index in [1.165, 1.54) is 0 Å². The fraction of sp³-hybridized carbons (Fsp3) is 0.538. The molecule has 1 aromatic carbocycles. The number of nitrogens with zero attached hydrogens (tertiary/aromatic N) is 2. The number of rotatable bonds is 15. The van der Waals surface area contributed by atoms with Crippen molar-refractivity contribution in [3.8, 4) is 0 Å². The summed E-state index contributed by atoms with van der Waals surface area (Å²) in [5.41, 5.74) is 1.16. The van der Waals surface area contributed by atoms with Crippen LogP contribution in [0.3, 0.4) is 0 Å². The molecule has 182 valence electrons. The molecule has 2 aromatic rings. The zero-order valence-electron chi connectivity index (χ0n) is 20.4. The number of hydrogen-bond donors (Lipinski definition) is 0. The van der Waals surface area contributed by atoms with Crippen molar-refractivity contribution < 1.29 is 23.5 Å². The third kappa shape index (κ3) is 9.02. The van der Waals surface area contributed by atoms with Crippen LogP contribution in [0.25, 0.3) is 0 Å². The van der Waals surface area contributed by atoms with E-state index in [-0.39, 0.29) is 18.4 Å². The van der Waals surface area contributed by atoms with Crippen molar-refractivity contribution in [2.75, 3.05) is 40.0 Å². The standard InChI is InChI=1S/C26H38N2O5/c1-5-10-24(26(30)32-6-2)27(17-18-31-4)20-25(29)28(19-23-14-13-21(3)33-23)16-15-22-11-8-7-9-12-22/h7-9,11-14,24H,5-6,10,15-20H2,1-4H3. The smallest absolute Gasteiger partial charge is 0.323 e. The van der Waals surface area contributed by atoms with Crippen molar-refractivity contribution in [1.82, 2.24) is 9.80 Å². The normalized spacial score (nSPS) is 12.0. The molecule has 33 heavy (non-hydrogen) atoms. The van der Waals surface area contributed by atoms with E-state index in [0.717, 1.165) is 29.9 Å². The van der Waals surface area contributed by atoms with Crippen LogP contribution in [-0.2, 0) is 32.0 Å². The van der Waals surface area contributed by atoms with Gasteiger partial charge in [-0.2, -0.15) is 0 Å². The molecule has 7 heteroatoms. The van der Waals surface area contributed by atoms with Crippen molar-refractivity contribution in [3.63, 3.8) is 0 Å². The fourth-order valence-corrected chi connectivity index (χ4v) is 3.75. The fourth-order valence-electron chi connectivity index (χ4n) is 3.75. The maximum atomic E-state index is 13.5. The van der Waals surface area contributed by atoms with Gasteiger partial charge >= 0.3 is 5.97 Å². The number of benzene rings is 1. The molecule has 0 saturated carbocycles. The molecule has 0 N–H and O–H groups in total. The topological polar surface area (TPSA) is 72.2 Å².